The molecule has 0 spiro atoms. The zero-order chi connectivity index (χ0) is 16.5. The molecule has 0 bridgehead atoms. The number of nitrogens with two attached hydrogens (primary N) is 1. The van der Waals surface area contributed by atoms with Gasteiger partial charge in [0.05, 0.1) is 28.8 Å². The summed E-state index contributed by atoms with van der Waals surface area (Å²) >= 11 is 6.44. The molecule has 0 radical (unpaired) electrons. The first-order valence-electron chi connectivity index (χ1n) is 8.17. The highest BCUT2D eigenvalue weighted by Gasteiger charge is 2.19. The van der Waals surface area contributed by atoms with Gasteiger partial charge < -0.3 is 5.73 Å². The van der Waals surface area contributed by atoms with Gasteiger partial charge in [-0.3, -0.25) is 14.9 Å². The number of fused-ring (bicyclic) bond motifs is 1. The van der Waals surface area contributed by atoms with Crippen molar-refractivity contribution in [3.05, 3.63) is 59.5 Å². The third kappa shape index (κ3) is 3.00. The summed E-state index contributed by atoms with van der Waals surface area (Å²) in [6.45, 7) is 2.75. The molecule has 1 saturated heterocycles. The molecule has 122 valence electrons. The van der Waals surface area contributed by atoms with Gasteiger partial charge in [0.1, 0.15) is 0 Å². The first-order valence-corrected chi connectivity index (χ1v) is 8.55. The van der Waals surface area contributed by atoms with Gasteiger partial charge in [0.25, 0.3) is 0 Å². The topological polar surface area (TPSA) is 55.0 Å². The van der Waals surface area contributed by atoms with Crippen LogP contribution in [-0.2, 0) is 6.54 Å². The van der Waals surface area contributed by atoms with Crippen molar-refractivity contribution >= 4 is 22.4 Å². The zero-order valence-electron chi connectivity index (χ0n) is 13.3. The average Bonchev–Trinajstić information content (AvgIpc) is 3.01. The Morgan fingerprint density at radius 1 is 1.12 bits per heavy atom. The molecule has 0 aliphatic carbocycles. The Hall–Kier alpha value is -2.01. The summed E-state index contributed by atoms with van der Waals surface area (Å²) in [5.74, 6) is 0. The van der Waals surface area contributed by atoms with Gasteiger partial charge in [0.2, 0.25) is 0 Å². The predicted molar refractivity (Wildman–Crippen MR) is 97.9 cm³/mol. The lowest BCUT2D eigenvalue weighted by Crippen LogP contribution is -2.26. The first kappa shape index (κ1) is 15.5. The molecule has 1 unspecified atom stereocenters. The normalized spacial score (nSPS) is 18.3. The van der Waals surface area contributed by atoms with E-state index in [0.717, 1.165) is 53.8 Å². The van der Waals surface area contributed by atoms with E-state index in [1.807, 2.05) is 36.7 Å². The number of halogens is 1. The van der Waals surface area contributed by atoms with Crippen molar-refractivity contribution in [2.75, 3.05) is 13.1 Å². The van der Waals surface area contributed by atoms with Crippen molar-refractivity contribution in [2.24, 2.45) is 5.73 Å². The van der Waals surface area contributed by atoms with Gasteiger partial charge in [0.15, 0.2) is 0 Å². The molecular weight excluding hydrogens is 320 g/mol. The van der Waals surface area contributed by atoms with E-state index >= 15 is 0 Å². The fraction of sp³-hybridized carbons (Fsp3) is 0.263. The molecule has 1 aliphatic rings. The molecule has 2 N–H and O–H groups in total. The van der Waals surface area contributed by atoms with Crippen molar-refractivity contribution in [3.63, 3.8) is 0 Å². The van der Waals surface area contributed by atoms with E-state index in [0.29, 0.717) is 5.02 Å². The van der Waals surface area contributed by atoms with Gasteiger partial charge in [-0.1, -0.05) is 41.9 Å². The quantitative estimate of drug-likeness (QED) is 0.794. The van der Waals surface area contributed by atoms with Crippen LogP contribution in [0.15, 0.2) is 48.8 Å². The third-order valence-electron chi connectivity index (χ3n) is 4.53. The number of hydrogen-bond acceptors (Lipinski definition) is 4. The van der Waals surface area contributed by atoms with Crippen molar-refractivity contribution in [1.82, 2.24) is 14.9 Å². The summed E-state index contributed by atoms with van der Waals surface area (Å²) in [6, 6.07) is 12.4. The van der Waals surface area contributed by atoms with Gasteiger partial charge in [-0.05, 0) is 23.3 Å². The maximum Gasteiger partial charge on any atom is 0.0906 e. The van der Waals surface area contributed by atoms with Gasteiger partial charge in [-0.25, -0.2) is 0 Å². The second-order valence-electron chi connectivity index (χ2n) is 6.32. The highest BCUT2D eigenvalue weighted by molar-refractivity contribution is 6.35. The molecule has 2 aromatic carbocycles. The molecular formula is C19H19ClN4. The number of benzene rings is 2. The molecule has 1 aliphatic heterocycles. The van der Waals surface area contributed by atoms with Crippen LogP contribution in [0.25, 0.3) is 22.0 Å². The van der Waals surface area contributed by atoms with Crippen LogP contribution in [0, 0.1) is 0 Å². The molecule has 0 saturated carbocycles. The van der Waals surface area contributed by atoms with Crippen LogP contribution in [-0.4, -0.2) is 34.0 Å². The molecule has 1 aromatic heterocycles. The molecule has 4 nitrogen and oxygen atoms in total. The number of likely N-dealkylation sites (tertiary alicyclic amines) is 1. The molecule has 5 heteroatoms. The predicted octanol–water partition coefficient (Wildman–Crippen LogP) is 3.48. The van der Waals surface area contributed by atoms with Gasteiger partial charge >= 0.3 is 0 Å². The minimum absolute atomic E-state index is 0.284. The molecule has 2 heterocycles. The Bertz CT molecular complexity index is 863. The summed E-state index contributed by atoms with van der Waals surface area (Å²) < 4.78 is 0. The van der Waals surface area contributed by atoms with Crippen LogP contribution >= 0.6 is 11.6 Å². The van der Waals surface area contributed by atoms with Crippen molar-refractivity contribution in [1.29, 1.82) is 0 Å². The number of aromatic nitrogens is 2. The smallest absolute Gasteiger partial charge is 0.0906 e. The first-order chi connectivity index (χ1) is 11.7. The third-order valence-corrected chi connectivity index (χ3v) is 4.85. The molecule has 4 rings (SSSR count). The fourth-order valence-corrected chi connectivity index (χ4v) is 3.57. The SMILES string of the molecule is NC1CCN(Cc2cnc(-c3c(Cl)ccc4ccccc34)cn2)C1. The van der Waals surface area contributed by atoms with E-state index in [1.165, 1.54) is 0 Å². The molecule has 1 fully saturated rings. The molecule has 1 atom stereocenters. The summed E-state index contributed by atoms with van der Waals surface area (Å²) in [5, 5.41) is 2.94. The lowest BCUT2D eigenvalue weighted by molar-refractivity contribution is 0.322. The van der Waals surface area contributed by atoms with E-state index in [2.05, 4.69) is 27.0 Å². The summed E-state index contributed by atoms with van der Waals surface area (Å²) in [4.78, 5) is 11.5. The monoisotopic (exact) mass is 338 g/mol. The summed E-state index contributed by atoms with van der Waals surface area (Å²) in [5.41, 5.74) is 8.66. The number of hydrogen-bond donors (Lipinski definition) is 1. The van der Waals surface area contributed by atoms with Crippen LogP contribution in [0.1, 0.15) is 12.1 Å². The van der Waals surface area contributed by atoms with Gasteiger partial charge in [-0.15, -0.1) is 0 Å². The minimum Gasteiger partial charge on any atom is -0.326 e. The lowest BCUT2D eigenvalue weighted by atomic mass is 10.0. The Kier molecular flexibility index (Phi) is 4.19. The van der Waals surface area contributed by atoms with Crippen LogP contribution < -0.4 is 5.73 Å². The van der Waals surface area contributed by atoms with Gasteiger partial charge in [-0.2, -0.15) is 0 Å². The second kappa shape index (κ2) is 6.48. The van der Waals surface area contributed by atoms with E-state index < -0.39 is 0 Å². The summed E-state index contributed by atoms with van der Waals surface area (Å²) in [6.07, 6.45) is 4.72. The van der Waals surface area contributed by atoms with E-state index in [1.54, 1.807) is 0 Å². The standard InChI is InChI=1S/C19H19ClN4/c20-17-6-5-13-3-1-2-4-16(13)19(17)18-10-22-15(9-23-18)12-24-8-7-14(21)11-24/h1-6,9-10,14H,7-8,11-12,21H2. The van der Waals surface area contributed by atoms with E-state index in [9.17, 15) is 0 Å². The molecule has 3 aromatic rings. The Balaban J connectivity index is 1.65. The Morgan fingerprint density at radius 3 is 2.75 bits per heavy atom. The highest BCUT2D eigenvalue weighted by Crippen LogP contribution is 2.33. The number of nitrogens with zero attached hydrogens (tertiary/aromatic N) is 3. The Labute approximate surface area is 146 Å². The van der Waals surface area contributed by atoms with Crippen LogP contribution in [0.2, 0.25) is 5.02 Å². The highest BCUT2D eigenvalue weighted by atomic mass is 35.5. The Morgan fingerprint density at radius 2 is 2.00 bits per heavy atom. The molecule has 0 amide bonds. The maximum atomic E-state index is 6.44. The second-order valence-corrected chi connectivity index (χ2v) is 6.73. The summed E-state index contributed by atoms with van der Waals surface area (Å²) in [7, 11) is 0. The van der Waals surface area contributed by atoms with Crippen molar-refractivity contribution in [3.8, 4) is 11.3 Å². The van der Waals surface area contributed by atoms with E-state index in [4.69, 9.17) is 17.3 Å². The van der Waals surface area contributed by atoms with Crippen LogP contribution in [0.4, 0.5) is 0 Å². The van der Waals surface area contributed by atoms with Crippen molar-refractivity contribution in [2.45, 2.75) is 19.0 Å². The minimum atomic E-state index is 0.284. The fourth-order valence-electron chi connectivity index (χ4n) is 3.31. The van der Waals surface area contributed by atoms with Crippen LogP contribution in [0.5, 0.6) is 0 Å². The van der Waals surface area contributed by atoms with Crippen molar-refractivity contribution < 1.29 is 0 Å². The molecule has 24 heavy (non-hydrogen) atoms. The van der Waals surface area contributed by atoms with E-state index in [-0.39, 0.29) is 6.04 Å². The number of rotatable bonds is 3. The average molecular weight is 339 g/mol. The van der Waals surface area contributed by atoms with Crippen LogP contribution in [0.3, 0.4) is 0 Å². The van der Waals surface area contributed by atoms with Gasteiger partial charge in [0, 0.05) is 31.2 Å². The maximum absolute atomic E-state index is 6.44. The zero-order valence-corrected chi connectivity index (χ0v) is 14.1. The largest absolute Gasteiger partial charge is 0.326 e. The lowest BCUT2D eigenvalue weighted by Gasteiger charge is -2.14.